The van der Waals surface area contributed by atoms with E-state index >= 15 is 0 Å². The maximum Gasteiger partial charge on any atom is 0.0675 e. The van der Waals surface area contributed by atoms with Crippen molar-refractivity contribution in [1.29, 1.82) is 0 Å². The van der Waals surface area contributed by atoms with E-state index in [4.69, 9.17) is 10.5 Å². The van der Waals surface area contributed by atoms with Crippen molar-refractivity contribution in [2.24, 2.45) is 5.73 Å². The van der Waals surface area contributed by atoms with Crippen molar-refractivity contribution in [3.05, 3.63) is 0 Å². The third-order valence-electron chi connectivity index (χ3n) is 4.67. The fourth-order valence-corrected chi connectivity index (χ4v) is 3.62. The minimum Gasteiger partial charge on any atom is -0.376 e. The van der Waals surface area contributed by atoms with Crippen LogP contribution in [0.4, 0.5) is 0 Å². The molecule has 2 aliphatic heterocycles. The third-order valence-corrected chi connectivity index (χ3v) is 4.67. The lowest BCUT2D eigenvalue weighted by Crippen LogP contribution is -2.67. The van der Waals surface area contributed by atoms with Crippen LogP contribution in [0.5, 0.6) is 0 Å². The molecule has 3 atom stereocenters. The Labute approximate surface area is 111 Å². The summed E-state index contributed by atoms with van der Waals surface area (Å²) < 4.78 is 5.82. The number of likely N-dealkylation sites (tertiary alicyclic amines) is 1. The maximum atomic E-state index is 6.18. The second-order valence-electron chi connectivity index (χ2n) is 6.13. The molecule has 2 rings (SSSR count). The number of morpholine rings is 1. The van der Waals surface area contributed by atoms with Gasteiger partial charge in [-0.05, 0) is 39.8 Å². The van der Waals surface area contributed by atoms with Gasteiger partial charge in [0.2, 0.25) is 0 Å². The van der Waals surface area contributed by atoms with E-state index in [1.807, 2.05) is 0 Å². The molecule has 106 valence electrons. The summed E-state index contributed by atoms with van der Waals surface area (Å²) in [5.41, 5.74) is 6.36. The summed E-state index contributed by atoms with van der Waals surface area (Å²) in [6, 6.07) is 0.538. The molecule has 4 nitrogen and oxygen atoms in total. The Bertz CT molecular complexity index is 274. The lowest BCUT2D eigenvalue weighted by atomic mass is 9.85. The largest absolute Gasteiger partial charge is 0.376 e. The molecule has 0 spiro atoms. The molecule has 2 N–H and O–H groups in total. The van der Waals surface area contributed by atoms with Crippen molar-refractivity contribution in [3.63, 3.8) is 0 Å². The average molecular weight is 255 g/mol. The van der Waals surface area contributed by atoms with Crippen LogP contribution in [-0.2, 0) is 4.74 Å². The number of nitrogens with zero attached hydrogens (tertiary/aromatic N) is 2. The summed E-state index contributed by atoms with van der Waals surface area (Å²) in [5.74, 6) is 0. The predicted octanol–water partition coefficient (Wildman–Crippen LogP) is 0.909. The fourth-order valence-electron chi connectivity index (χ4n) is 3.62. The van der Waals surface area contributed by atoms with E-state index in [0.717, 1.165) is 32.7 Å². The molecule has 0 radical (unpaired) electrons. The molecule has 3 unspecified atom stereocenters. The molecule has 18 heavy (non-hydrogen) atoms. The van der Waals surface area contributed by atoms with Crippen LogP contribution in [0.15, 0.2) is 0 Å². The number of hydrogen-bond acceptors (Lipinski definition) is 4. The predicted molar refractivity (Wildman–Crippen MR) is 74.7 cm³/mol. The minimum atomic E-state index is 0.172. The van der Waals surface area contributed by atoms with Crippen LogP contribution < -0.4 is 5.73 Å². The van der Waals surface area contributed by atoms with Crippen LogP contribution in [0.2, 0.25) is 0 Å². The van der Waals surface area contributed by atoms with Gasteiger partial charge in [0.05, 0.1) is 12.7 Å². The Morgan fingerprint density at radius 3 is 2.83 bits per heavy atom. The Kier molecular flexibility index (Phi) is 4.64. The third kappa shape index (κ3) is 2.72. The summed E-state index contributed by atoms with van der Waals surface area (Å²) >= 11 is 0. The first-order valence-electron chi connectivity index (χ1n) is 7.38. The van der Waals surface area contributed by atoms with Gasteiger partial charge in [-0.25, -0.2) is 0 Å². The van der Waals surface area contributed by atoms with Gasteiger partial charge in [0.1, 0.15) is 0 Å². The van der Waals surface area contributed by atoms with Crippen LogP contribution >= 0.6 is 0 Å². The summed E-state index contributed by atoms with van der Waals surface area (Å²) in [6.45, 7) is 9.40. The SMILES string of the molecule is CCC1COC(C)CN1C1(CN)CCCN(C)C1. The monoisotopic (exact) mass is 255 g/mol. The van der Waals surface area contributed by atoms with Gasteiger partial charge >= 0.3 is 0 Å². The highest BCUT2D eigenvalue weighted by Crippen LogP contribution is 2.31. The zero-order chi connectivity index (χ0) is 13.2. The Morgan fingerprint density at radius 1 is 1.44 bits per heavy atom. The van der Waals surface area contributed by atoms with Crippen molar-refractivity contribution in [2.45, 2.75) is 50.8 Å². The number of nitrogens with two attached hydrogens (primary N) is 1. The van der Waals surface area contributed by atoms with Crippen LogP contribution in [0.1, 0.15) is 33.1 Å². The van der Waals surface area contributed by atoms with E-state index in [9.17, 15) is 0 Å². The van der Waals surface area contributed by atoms with Gasteiger partial charge in [-0.15, -0.1) is 0 Å². The molecular formula is C14H29N3O. The fraction of sp³-hybridized carbons (Fsp3) is 1.00. The summed E-state index contributed by atoms with van der Waals surface area (Å²) in [4.78, 5) is 5.10. The van der Waals surface area contributed by atoms with Crippen molar-refractivity contribution in [1.82, 2.24) is 9.80 Å². The van der Waals surface area contributed by atoms with Gasteiger partial charge < -0.3 is 15.4 Å². The van der Waals surface area contributed by atoms with Gasteiger partial charge in [0, 0.05) is 31.2 Å². The maximum absolute atomic E-state index is 6.18. The minimum absolute atomic E-state index is 0.172. The zero-order valence-electron chi connectivity index (χ0n) is 12.2. The molecule has 0 saturated carbocycles. The Balaban J connectivity index is 2.17. The zero-order valence-corrected chi connectivity index (χ0v) is 12.2. The lowest BCUT2D eigenvalue weighted by molar-refractivity contribution is -0.113. The standard InChI is InChI=1S/C14H29N3O/c1-4-13-9-18-12(2)8-17(13)14(10-15)6-5-7-16(3)11-14/h12-13H,4-11,15H2,1-3H3. The van der Waals surface area contributed by atoms with Gasteiger partial charge in [0.15, 0.2) is 0 Å². The highest BCUT2D eigenvalue weighted by molar-refractivity contribution is 5.00. The number of rotatable bonds is 3. The first-order chi connectivity index (χ1) is 8.61. The number of piperidine rings is 1. The van der Waals surface area contributed by atoms with Gasteiger partial charge in [-0.2, -0.15) is 0 Å². The average Bonchev–Trinajstić information content (AvgIpc) is 2.38. The van der Waals surface area contributed by atoms with E-state index in [1.54, 1.807) is 0 Å². The summed E-state index contributed by atoms with van der Waals surface area (Å²) in [7, 11) is 2.22. The van der Waals surface area contributed by atoms with Crippen molar-refractivity contribution < 1.29 is 4.74 Å². The highest BCUT2D eigenvalue weighted by Gasteiger charge is 2.43. The van der Waals surface area contributed by atoms with Gasteiger partial charge in [0.25, 0.3) is 0 Å². The first kappa shape index (κ1) is 14.3. The highest BCUT2D eigenvalue weighted by atomic mass is 16.5. The molecule has 0 aromatic carbocycles. The number of likely N-dealkylation sites (N-methyl/N-ethyl adjacent to an activating group) is 1. The molecule has 4 heteroatoms. The van der Waals surface area contributed by atoms with Crippen LogP contribution in [0.25, 0.3) is 0 Å². The molecular weight excluding hydrogens is 226 g/mol. The Morgan fingerprint density at radius 2 is 2.22 bits per heavy atom. The molecule has 0 aromatic heterocycles. The van der Waals surface area contributed by atoms with Gasteiger partial charge in [-0.1, -0.05) is 6.92 Å². The van der Waals surface area contributed by atoms with Crippen molar-refractivity contribution >= 4 is 0 Å². The van der Waals surface area contributed by atoms with Crippen molar-refractivity contribution in [2.75, 3.05) is 39.8 Å². The normalized spacial score (nSPS) is 40.0. The number of ether oxygens (including phenoxy) is 1. The lowest BCUT2D eigenvalue weighted by Gasteiger charge is -2.54. The summed E-state index contributed by atoms with van der Waals surface area (Å²) in [6.07, 6.45) is 3.98. The molecule has 2 heterocycles. The van der Waals surface area contributed by atoms with Crippen molar-refractivity contribution in [3.8, 4) is 0 Å². The Hall–Kier alpha value is -0.160. The second kappa shape index (κ2) is 5.87. The number of hydrogen-bond donors (Lipinski definition) is 1. The van der Waals surface area contributed by atoms with Crippen LogP contribution in [0.3, 0.4) is 0 Å². The second-order valence-corrected chi connectivity index (χ2v) is 6.13. The van der Waals surface area contributed by atoms with E-state index in [1.165, 1.54) is 19.4 Å². The molecule has 2 fully saturated rings. The van der Waals surface area contributed by atoms with E-state index in [-0.39, 0.29) is 5.54 Å². The molecule has 2 saturated heterocycles. The van der Waals surface area contributed by atoms with Gasteiger partial charge in [-0.3, -0.25) is 4.90 Å². The first-order valence-corrected chi connectivity index (χ1v) is 7.38. The van der Waals surface area contributed by atoms with Crippen LogP contribution in [-0.4, -0.2) is 67.3 Å². The van der Waals surface area contributed by atoms with Crippen LogP contribution in [0, 0.1) is 0 Å². The van der Waals surface area contributed by atoms with E-state index < -0.39 is 0 Å². The topological polar surface area (TPSA) is 41.7 Å². The smallest absolute Gasteiger partial charge is 0.0675 e. The molecule has 0 amide bonds. The molecule has 0 aromatic rings. The molecule has 0 bridgehead atoms. The molecule has 2 aliphatic rings. The summed E-state index contributed by atoms with van der Waals surface area (Å²) in [5, 5.41) is 0. The van der Waals surface area contributed by atoms with E-state index in [0.29, 0.717) is 12.1 Å². The van der Waals surface area contributed by atoms with E-state index in [2.05, 4.69) is 30.7 Å². The molecule has 0 aliphatic carbocycles. The quantitative estimate of drug-likeness (QED) is 0.814.